The number of hydrogen-bond acceptors (Lipinski definition) is 4. The second-order valence-corrected chi connectivity index (χ2v) is 7.32. The number of nitrogens with two attached hydrogens (primary N) is 1. The van der Waals surface area contributed by atoms with Crippen LogP contribution in [0.25, 0.3) is 0 Å². The summed E-state index contributed by atoms with van der Waals surface area (Å²) in [5.41, 5.74) is 0.808. The van der Waals surface area contributed by atoms with E-state index in [4.69, 9.17) is 5.73 Å². The second kappa shape index (κ2) is 2.46. The molecule has 0 amide bonds. The van der Waals surface area contributed by atoms with Gasteiger partial charge >= 0.3 is 12.1 Å². The van der Waals surface area contributed by atoms with Crippen molar-refractivity contribution in [2.75, 3.05) is 0 Å². The number of carboxylic acid groups (broad SMARTS) is 1. The summed E-state index contributed by atoms with van der Waals surface area (Å²) in [7, 11) is 0. The Hall–Kier alpha value is -1.70. The molecule has 7 rings (SSSR count). The maximum Gasteiger partial charge on any atom is 0.396 e. The first-order valence-corrected chi connectivity index (χ1v) is 7.14. The van der Waals surface area contributed by atoms with Gasteiger partial charge < -0.3 is 10.8 Å². The smallest absolute Gasteiger partial charge is 0.396 e. The van der Waals surface area contributed by atoms with Crippen LogP contribution in [0.3, 0.4) is 0 Å². The van der Waals surface area contributed by atoms with E-state index in [-0.39, 0.29) is 5.69 Å². The molecule has 22 heavy (non-hydrogen) atoms. The summed E-state index contributed by atoms with van der Waals surface area (Å²) >= 11 is 0. The summed E-state index contributed by atoms with van der Waals surface area (Å²) in [5, 5.41) is 9.58. The minimum atomic E-state index is -4.39. The van der Waals surface area contributed by atoms with Crippen LogP contribution in [0.1, 0.15) is 5.69 Å². The van der Waals surface area contributed by atoms with Crippen LogP contribution < -0.4 is 5.73 Å². The molecule has 0 aliphatic heterocycles. The molecule has 0 spiro atoms. The third-order valence-corrected chi connectivity index (χ3v) is 7.87. The van der Waals surface area contributed by atoms with E-state index in [9.17, 15) is 23.1 Å². The van der Waals surface area contributed by atoms with Crippen LogP contribution >= 0.6 is 0 Å². The van der Waals surface area contributed by atoms with E-state index in [1.807, 2.05) is 0 Å². The Kier molecular flexibility index (Phi) is 1.32. The van der Waals surface area contributed by atoms with Crippen molar-refractivity contribution in [2.45, 2.75) is 17.1 Å². The number of nitrogens with zero attached hydrogens (tertiary/aromatic N) is 2. The topological polar surface area (TPSA) is 89.1 Å². The number of hydrogen-bond donors (Lipinski definition) is 2. The first-order chi connectivity index (χ1) is 10.3. The molecule has 8 heteroatoms. The van der Waals surface area contributed by atoms with Crippen molar-refractivity contribution in [3.8, 4) is 0 Å². The van der Waals surface area contributed by atoms with Gasteiger partial charge in [0.1, 0.15) is 0 Å². The number of aromatic nitrogens is 2. The maximum absolute atomic E-state index is 13.8. The first kappa shape index (κ1) is 11.8. The van der Waals surface area contributed by atoms with Crippen LogP contribution in [0.15, 0.2) is 18.6 Å². The molecule has 0 bridgehead atoms. The molecule has 5 nitrogen and oxygen atoms in total. The number of carboxylic acids is 1. The molecule has 8 atom stereocenters. The van der Waals surface area contributed by atoms with E-state index in [0.717, 1.165) is 0 Å². The van der Waals surface area contributed by atoms with Crippen LogP contribution in [0.5, 0.6) is 0 Å². The maximum atomic E-state index is 13.8. The van der Waals surface area contributed by atoms with E-state index < -0.39 is 57.6 Å². The Morgan fingerprint density at radius 2 is 2.00 bits per heavy atom. The SMILES string of the molecule is NC12C3C4C5C(C41C(=O)O)C2(c1cnccn1)C53C(F)(F)F. The molecule has 6 saturated carbocycles. The van der Waals surface area contributed by atoms with Crippen molar-refractivity contribution < 1.29 is 23.1 Å². The average Bonchev–Trinajstić information content (AvgIpc) is 2.45. The highest BCUT2D eigenvalue weighted by Crippen LogP contribution is 3.16. The lowest BCUT2D eigenvalue weighted by Gasteiger charge is -3.16. The van der Waals surface area contributed by atoms with Crippen LogP contribution in [-0.4, -0.2) is 32.8 Å². The Bertz CT molecular complexity index is 800. The Balaban J connectivity index is 1.63. The predicted octanol–water partition coefficient (Wildman–Crippen LogP) is 0.564. The number of alkyl halides is 3. The van der Waals surface area contributed by atoms with Gasteiger partial charge in [-0.15, -0.1) is 0 Å². The summed E-state index contributed by atoms with van der Waals surface area (Å²) in [5.74, 6) is -3.36. The quantitative estimate of drug-likeness (QED) is 0.833. The number of halogens is 3. The Morgan fingerprint density at radius 1 is 1.27 bits per heavy atom. The number of rotatable bonds is 2. The third-order valence-electron chi connectivity index (χ3n) is 7.87. The zero-order valence-electron chi connectivity index (χ0n) is 11.0. The molecule has 0 aromatic carbocycles. The molecule has 6 aliphatic carbocycles. The monoisotopic (exact) mass is 309 g/mol. The number of carbonyl (C=O) groups is 1. The molecule has 0 saturated heterocycles. The van der Waals surface area contributed by atoms with Crippen LogP contribution in [0.2, 0.25) is 0 Å². The molecule has 1 aromatic heterocycles. The van der Waals surface area contributed by atoms with Gasteiger partial charge in [0.05, 0.1) is 21.9 Å². The van der Waals surface area contributed by atoms with Crippen molar-refractivity contribution in [3.05, 3.63) is 24.3 Å². The molecule has 114 valence electrons. The molecule has 8 unspecified atom stereocenters. The fraction of sp³-hybridized carbons (Fsp3) is 0.643. The second-order valence-electron chi connectivity index (χ2n) is 7.32. The minimum Gasteiger partial charge on any atom is -0.481 e. The number of aliphatic carboxylic acids is 1. The molecule has 0 radical (unpaired) electrons. The normalized spacial score (nSPS) is 60.9. The fourth-order valence-corrected chi connectivity index (χ4v) is 8.01. The van der Waals surface area contributed by atoms with Gasteiger partial charge in [0.25, 0.3) is 0 Å². The zero-order chi connectivity index (χ0) is 15.5. The molecular weight excluding hydrogens is 299 g/mol. The largest absolute Gasteiger partial charge is 0.481 e. The van der Waals surface area contributed by atoms with Crippen LogP contribution in [0, 0.1) is 34.5 Å². The van der Waals surface area contributed by atoms with E-state index in [1.54, 1.807) is 0 Å². The van der Waals surface area contributed by atoms with Crippen molar-refractivity contribution in [1.82, 2.24) is 9.97 Å². The highest BCUT2D eigenvalue weighted by Gasteiger charge is 3.25. The summed E-state index contributed by atoms with van der Waals surface area (Å²) in [6.45, 7) is 0. The molecular formula is C14H10F3N3O2. The van der Waals surface area contributed by atoms with E-state index >= 15 is 0 Å². The fourth-order valence-electron chi connectivity index (χ4n) is 8.01. The first-order valence-electron chi connectivity index (χ1n) is 7.14. The van der Waals surface area contributed by atoms with Gasteiger partial charge in [0.15, 0.2) is 0 Å². The van der Waals surface area contributed by atoms with Crippen LogP contribution in [-0.2, 0) is 10.2 Å². The zero-order valence-corrected chi connectivity index (χ0v) is 11.0. The van der Waals surface area contributed by atoms with Gasteiger partial charge in [-0.05, 0) is 23.7 Å². The predicted molar refractivity (Wildman–Crippen MR) is 63.1 cm³/mol. The van der Waals surface area contributed by atoms with Crippen molar-refractivity contribution >= 4 is 5.97 Å². The van der Waals surface area contributed by atoms with Crippen LogP contribution in [0.4, 0.5) is 13.2 Å². The minimum absolute atomic E-state index is 0.211. The van der Waals surface area contributed by atoms with E-state index in [0.29, 0.717) is 0 Å². The van der Waals surface area contributed by atoms with E-state index in [1.165, 1.54) is 18.6 Å². The summed E-state index contributed by atoms with van der Waals surface area (Å²) in [4.78, 5) is 19.7. The highest BCUT2D eigenvalue weighted by atomic mass is 19.4. The highest BCUT2D eigenvalue weighted by molar-refractivity contribution is 5.94. The van der Waals surface area contributed by atoms with Gasteiger partial charge in [0, 0.05) is 24.1 Å². The Labute approximate surface area is 121 Å². The van der Waals surface area contributed by atoms with Gasteiger partial charge in [-0.25, -0.2) is 0 Å². The molecule has 6 fully saturated rings. The van der Waals surface area contributed by atoms with Gasteiger partial charge in [-0.1, -0.05) is 0 Å². The summed E-state index contributed by atoms with van der Waals surface area (Å²) in [6.07, 6.45) is -0.334. The van der Waals surface area contributed by atoms with Gasteiger partial charge in [-0.3, -0.25) is 14.8 Å². The Morgan fingerprint density at radius 3 is 2.50 bits per heavy atom. The van der Waals surface area contributed by atoms with Crippen molar-refractivity contribution in [2.24, 2.45) is 40.2 Å². The molecule has 6 aliphatic rings. The van der Waals surface area contributed by atoms with E-state index in [2.05, 4.69) is 9.97 Å². The van der Waals surface area contributed by atoms with Crippen molar-refractivity contribution in [3.63, 3.8) is 0 Å². The van der Waals surface area contributed by atoms with Crippen molar-refractivity contribution in [1.29, 1.82) is 0 Å². The lowest BCUT2D eigenvalue weighted by Crippen LogP contribution is -3.26. The average molecular weight is 309 g/mol. The lowest BCUT2D eigenvalue weighted by atomic mass is 8.85. The third kappa shape index (κ3) is 0.523. The van der Waals surface area contributed by atoms with Gasteiger partial charge in [-0.2, -0.15) is 13.2 Å². The van der Waals surface area contributed by atoms with Gasteiger partial charge in [0.2, 0.25) is 0 Å². The molecule has 1 aromatic rings. The molecule has 3 N–H and O–H groups in total. The standard InChI is InChI=1S/C14H10F3N3O2/c15-14(16,17)12-6-5-8(12)13(18)10(5,9(21)22)7(6)11(12,13)4-3-19-1-2-20-4/h1-3,5-8H,18H2,(H,21,22). The summed E-state index contributed by atoms with van der Waals surface area (Å²) in [6, 6.07) is 0. The molecule has 1 heterocycles. The lowest BCUT2D eigenvalue weighted by molar-refractivity contribution is -0.696. The summed E-state index contributed by atoms with van der Waals surface area (Å²) < 4.78 is 41.5.